The third-order valence-electron chi connectivity index (χ3n) is 10.3. The maximum Gasteiger partial charge on any atom is 0.0714 e. The molecule has 0 unspecified atom stereocenters. The largest absolute Gasteiger partial charge is 0.0714 e. The zero-order chi connectivity index (χ0) is 30.7. The average Bonchev–Trinajstić information content (AvgIpc) is 3.24. The maximum absolute atomic E-state index is 2.55. The van der Waals surface area contributed by atoms with E-state index < -0.39 is 0 Å². The molecule has 1 aliphatic carbocycles. The summed E-state index contributed by atoms with van der Waals surface area (Å²) in [6.07, 6.45) is 12.8. The zero-order valence-electron chi connectivity index (χ0n) is 28.3. The summed E-state index contributed by atoms with van der Waals surface area (Å²) < 4.78 is 0. The van der Waals surface area contributed by atoms with E-state index in [2.05, 4.69) is 116 Å². The van der Waals surface area contributed by atoms with Gasteiger partial charge in [-0.15, -0.1) is 0 Å². The second kappa shape index (κ2) is 13.3. The molecule has 0 bridgehead atoms. The van der Waals surface area contributed by atoms with Crippen LogP contribution in [0.4, 0.5) is 0 Å². The highest BCUT2D eigenvalue weighted by Gasteiger charge is 2.47. The highest BCUT2D eigenvalue weighted by molar-refractivity contribution is 5.87. The van der Waals surface area contributed by atoms with Crippen LogP contribution >= 0.6 is 0 Å². The van der Waals surface area contributed by atoms with Gasteiger partial charge in [-0.05, 0) is 134 Å². The molecule has 0 nitrogen and oxygen atoms in total. The first-order chi connectivity index (χ1) is 20.7. The molecule has 5 rings (SSSR count). The zero-order valence-corrected chi connectivity index (χ0v) is 28.3. The van der Waals surface area contributed by atoms with Crippen LogP contribution in [0.15, 0.2) is 60.7 Å². The van der Waals surface area contributed by atoms with Gasteiger partial charge in [-0.1, -0.05) is 124 Å². The van der Waals surface area contributed by atoms with Crippen molar-refractivity contribution in [1.29, 1.82) is 0 Å². The summed E-state index contributed by atoms with van der Waals surface area (Å²) in [6, 6.07) is 24.5. The summed E-state index contributed by atoms with van der Waals surface area (Å²) in [5.74, 6) is 0. The molecule has 1 aliphatic rings. The molecule has 0 heteroatoms. The summed E-state index contributed by atoms with van der Waals surface area (Å²) in [5.41, 5.74) is 19.7. The third-order valence-corrected chi connectivity index (χ3v) is 10.3. The van der Waals surface area contributed by atoms with Gasteiger partial charge in [0.15, 0.2) is 0 Å². The Kier molecular flexibility index (Phi) is 9.65. The fraction of sp³-hybridized carbons (Fsp3) is 0.442. The van der Waals surface area contributed by atoms with Gasteiger partial charge in [-0.3, -0.25) is 0 Å². The normalized spacial score (nSPS) is 13.3. The lowest BCUT2D eigenvalue weighted by Crippen LogP contribution is -2.30. The topological polar surface area (TPSA) is 0 Å². The van der Waals surface area contributed by atoms with Crippen LogP contribution < -0.4 is 0 Å². The summed E-state index contributed by atoms with van der Waals surface area (Å²) in [7, 11) is 0. The minimum atomic E-state index is -0.338. The van der Waals surface area contributed by atoms with Crippen molar-refractivity contribution in [2.24, 2.45) is 0 Å². The monoisotopic (exact) mass is 570 g/mol. The molecule has 0 heterocycles. The lowest BCUT2D eigenvalue weighted by Gasteiger charge is -2.36. The van der Waals surface area contributed by atoms with Crippen molar-refractivity contribution in [3.05, 3.63) is 127 Å². The molecule has 0 spiro atoms. The molecule has 4 aromatic carbocycles. The van der Waals surface area contributed by atoms with Crippen LogP contribution in [0.25, 0.3) is 11.1 Å². The predicted octanol–water partition coefficient (Wildman–Crippen LogP) is 12.1. The number of unbranched alkanes of at least 4 members (excludes halogenated alkanes) is 6. The molecule has 0 N–H and O–H groups in total. The van der Waals surface area contributed by atoms with E-state index in [4.69, 9.17) is 0 Å². The van der Waals surface area contributed by atoms with Crippen molar-refractivity contribution in [2.45, 2.75) is 125 Å². The lowest BCUT2D eigenvalue weighted by atomic mass is 9.65. The summed E-state index contributed by atoms with van der Waals surface area (Å²) in [6.45, 7) is 18.5. The van der Waals surface area contributed by atoms with E-state index in [1.165, 1.54) is 131 Å². The number of benzene rings is 4. The Balaban J connectivity index is 1.76. The van der Waals surface area contributed by atoms with Crippen molar-refractivity contribution in [3.63, 3.8) is 0 Å². The Bertz CT molecular complexity index is 1430. The van der Waals surface area contributed by atoms with E-state index in [-0.39, 0.29) is 5.41 Å². The van der Waals surface area contributed by atoms with Crippen LogP contribution in [0.1, 0.15) is 132 Å². The average molecular weight is 571 g/mol. The first kappa shape index (κ1) is 31.3. The third kappa shape index (κ3) is 5.87. The van der Waals surface area contributed by atoms with Crippen LogP contribution in [0, 0.1) is 41.5 Å². The quantitative estimate of drug-likeness (QED) is 0.131. The molecule has 0 saturated heterocycles. The van der Waals surface area contributed by atoms with Crippen LogP contribution in [-0.2, 0) is 18.3 Å². The number of fused-ring (bicyclic) bond motifs is 3. The Morgan fingerprint density at radius 3 is 1.16 bits per heavy atom. The van der Waals surface area contributed by atoms with Gasteiger partial charge in [0.05, 0.1) is 5.41 Å². The lowest BCUT2D eigenvalue weighted by molar-refractivity contribution is 0.662. The molecular formula is C43H54. The second-order valence-electron chi connectivity index (χ2n) is 13.6. The molecule has 226 valence electrons. The van der Waals surface area contributed by atoms with Crippen LogP contribution in [-0.4, -0.2) is 0 Å². The SMILES string of the molecule is CCCCCCc1c(C)cc(C2(c3cc(C)c(CCCCCC)c(C)c3)c3cc(C)ccc3-c3ccc(C)cc32)cc1C. The minimum Gasteiger partial charge on any atom is -0.0654 e. The highest BCUT2D eigenvalue weighted by Crippen LogP contribution is 2.57. The predicted molar refractivity (Wildman–Crippen MR) is 188 cm³/mol. The van der Waals surface area contributed by atoms with E-state index in [9.17, 15) is 0 Å². The Morgan fingerprint density at radius 2 is 0.814 bits per heavy atom. The number of aryl methyl sites for hydroxylation is 6. The van der Waals surface area contributed by atoms with Gasteiger partial charge in [0, 0.05) is 0 Å². The van der Waals surface area contributed by atoms with E-state index in [0.29, 0.717) is 0 Å². The first-order valence-corrected chi connectivity index (χ1v) is 17.2. The molecular weight excluding hydrogens is 516 g/mol. The Labute approximate surface area is 263 Å². The fourth-order valence-electron chi connectivity index (χ4n) is 8.01. The molecule has 0 fully saturated rings. The number of hydrogen-bond donors (Lipinski definition) is 0. The molecule has 43 heavy (non-hydrogen) atoms. The van der Waals surface area contributed by atoms with E-state index >= 15 is 0 Å². The van der Waals surface area contributed by atoms with Crippen molar-refractivity contribution < 1.29 is 0 Å². The van der Waals surface area contributed by atoms with E-state index in [0.717, 1.165) is 0 Å². The number of hydrogen-bond acceptors (Lipinski definition) is 0. The minimum absolute atomic E-state index is 0.338. The Hall–Kier alpha value is -3.12. The molecule has 0 saturated carbocycles. The van der Waals surface area contributed by atoms with Gasteiger partial charge in [-0.2, -0.15) is 0 Å². The van der Waals surface area contributed by atoms with E-state index in [1.54, 1.807) is 11.1 Å². The van der Waals surface area contributed by atoms with Gasteiger partial charge in [0.25, 0.3) is 0 Å². The van der Waals surface area contributed by atoms with Crippen LogP contribution in [0.2, 0.25) is 0 Å². The van der Waals surface area contributed by atoms with Gasteiger partial charge in [0.1, 0.15) is 0 Å². The molecule has 0 radical (unpaired) electrons. The smallest absolute Gasteiger partial charge is 0.0654 e. The van der Waals surface area contributed by atoms with Gasteiger partial charge in [0.2, 0.25) is 0 Å². The summed E-state index contributed by atoms with van der Waals surface area (Å²) >= 11 is 0. The summed E-state index contributed by atoms with van der Waals surface area (Å²) in [5, 5.41) is 0. The van der Waals surface area contributed by atoms with Crippen molar-refractivity contribution in [1.82, 2.24) is 0 Å². The standard InChI is InChI=1S/C43H54/c1-9-11-13-15-17-37-31(5)25-35(26-32(37)6)43(36-27-33(7)38(34(8)28-36)18-16-14-12-10-2)41-23-29(3)19-21-39(41)40-22-20-30(4)24-42(40)43/h19-28H,9-18H2,1-8H3. The number of rotatable bonds is 12. The Morgan fingerprint density at radius 1 is 0.442 bits per heavy atom. The summed E-state index contributed by atoms with van der Waals surface area (Å²) in [4.78, 5) is 0. The highest BCUT2D eigenvalue weighted by atomic mass is 14.5. The van der Waals surface area contributed by atoms with Gasteiger partial charge < -0.3 is 0 Å². The van der Waals surface area contributed by atoms with Crippen LogP contribution in [0.5, 0.6) is 0 Å². The van der Waals surface area contributed by atoms with Crippen molar-refractivity contribution in [2.75, 3.05) is 0 Å². The van der Waals surface area contributed by atoms with Crippen molar-refractivity contribution in [3.8, 4) is 11.1 Å². The molecule has 0 atom stereocenters. The first-order valence-electron chi connectivity index (χ1n) is 17.2. The molecule has 0 amide bonds. The van der Waals surface area contributed by atoms with E-state index in [1.807, 2.05) is 0 Å². The van der Waals surface area contributed by atoms with Gasteiger partial charge in [-0.25, -0.2) is 0 Å². The molecule has 0 aliphatic heterocycles. The fourth-order valence-corrected chi connectivity index (χ4v) is 8.01. The second-order valence-corrected chi connectivity index (χ2v) is 13.6. The van der Waals surface area contributed by atoms with Crippen LogP contribution in [0.3, 0.4) is 0 Å². The maximum atomic E-state index is 2.55. The molecule has 0 aromatic heterocycles. The van der Waals surface area contributed by atoms with Crippen molar-refractivity contribution >= 4 is 0 Å². The van der Waals surface area contributed by atoms with Gasteiger partial charge >= 0.3 is 0 Å². The molecule has 4 aromatic rings.